The molecule has 0 radical (unpaired) electrons. The molecule has 0 saturated carbocycles. The highest BCUT2D eigenvalue weighted by molar-refractivity contribution is 6.02. The summed E-state index contributed by atoms with van der Waals surface area (Å²) in [4.78, 5) is 19.9. The van der Waals surface area contributed by atoms with Crippen LogP contribution in [-0.4, -0.2) is 35.8 Å². The van der Waals surface area contributed by atoms with Crippen LogP contribution in [0.4, 0.5) is 4.79 Å². The lowest BCUT2D eigenvalue weighted by atomic mass is 10.0. The van der Waals surface area contributed by atoms with Crippen molar-refractivity contribution in [2.75, 3.05) is 13.1 Å². The summed E-state index contributed by atoms with van der Waals surface area (Å²) in [7, 11) is 0. The van der Waals surface area contributed by atoms with Crippen molar-refractivity contribution in [1.82, 2.24) is 10.2 Å². The number of rotatable bonds is 6. The zero-order valence-corrected chi connectivity index (χ0v) is 15.3. The highest BCUT2D eigenvalue weighted by Gasteiger charge is 2.27. The van der Waals surface area contributed by atoms with Gasteiger partial charge in [0.15, 0.2) is 6.10 Å². The second kappa shape index (κ2) is 8.52. The normalized spacial score (nSPS) is 15.9. The molecule has 0 fully saturated rings. The molecule has 1 aliphatic rings. The topological polar surface area (TPSA) is 53.9 Å². The molecule has 1 N–H and O–H groups in total. The van der Waals surface area contributed by atoms with Crippen LogP contribution in [0.15, 0.2) is 59.8 Å². The van der Waals surface area contributed by atoms with E-state index in [0.717, 1.165) is 16.8 Å². The number of nitrogens with zero attached hydrogens (tertiary/aromatic N) is 2. The lowest BCUT2D eigenvalue weighted by Gasteiger charge is -2.25. The molecule has 0 spiro atoms. The molecule has 2 aromatic carbocycles. The average Bonchev–Trinajstić information content (AvgIpc) is 3.11. The van der Waals surface area contributed by atoms with Gasteiger partial charge in [0, 0.05) is 25.1 Å². The number of oxime groups is 1. The maximum atomic E-state index is 12.5. The van der Waals surface area contributed by atoms with Crippen molar-refractivity contribution in [2.24, 2.45) is 5.16 Å². The molecule has 26 heavy (non-hydrogen) atoms. The van der Waals surface area contributed by atoms with Gasteiger partial charge in [0.2, 0.25) is 0 Å². The zero-order chi connectivity index (χ0) is 18.4. The van der Waals surface area contributed by atoms with Crippen molar-refractivity contribution in [3.63, 3.8) is 0 Å². The van der Waals surface area contributed by atoms with E-state index in [4.69, 9.17) is 4.84 Å². The third kappa shape index (κ3) is 4.42. The first-order valence-corrected chi connectivity index (χ1v) is 9.02. The number of hydrogen-bond acceptors (Lipinski definition) is 3. The molecule has 0 saturated heterocycles. The van der Waals surface area contributed by atoms with Crippen molar-refractivity contribution in [1.29, 1.82) is 0 Å². The van der Waals surface area contributed by atoms with Gasteiger partial charge in [-0.15, -0.1) is 0 Å². The van der Waals surface area contributed by atoms with Crippen LogP contribution < -0.4 is 5.32 Å². The summed E-state index contributed by atoms with van der Waals surface area (Å²) in [6.07, 6.45) is 0.575. The Hall–Kier alpha value is -2.82. The standard InChI is InChI=1S/C21H25N3O2/c1-3-22-21(25)24(14-17-10-5-4-6-11-17)15-18-13-20(23-26-18)19-12-8-7-9-16(19)2/h4-12,18H,3,13-15H2,1-2H3,(H,22,25)/t18-/m0/s1. The largest absolute Gasteiger partial charge is 0.390 e. The van der Waals surface area contributed by atoms with E-state index in [1.807, 2.05) is 49.4 Å². The molecule has 5 nitrogen and oxygen atoms in total. The SMILES string of the molecule is CCNC(=O)N(Cc1ccccc1)C[C@@H]1CC(c2ccccc2C)=NO1. The van der Waals surface area contributed by atoms with Crippen LogP contribution in [0.3, 0.4) is 0 Å². The van der Waals surface area contributed by atoms with Crippen LogP contribution in [0.25, 0.3) is 0 Å². The summed E-state index contributed by atoms with van der Waals surface area (Å²) < 4.78 is 0. The molecule has 136 valence electrons. The number of carbonyl (C=O) groups excluding carboxylic acids is 1. The zero-order valence-electron chi connectivity index (χ0n) is 15.3. The third-order valence-electron chi connectivity index (χ3n) is 4.44. The second-order valence-corrected chi connectivity index (χ2v) is 6.49. The molecular formula is C21H25N3O2. The Morgan fingerprint density at radius 2 is 1.92 bits per heavy atom. The van der Waals surface area contributed by atoms with Crippen molar-refractivity contribution in [2.45, 2.75) is 32.9 Å². The summed E-state index contributed by atoms with van der Waals surface area (Å²) in [5.41, 5.74) is 4.34. The fraction of sp³-hybridized carbons (Fsp3) is 0.333. The van der Waals surface area contributed by atoms with Gasteiger partial charge < -0.3 is 15.1 Å². The Balaban J connectivity index is 1.66. The smallest absolute Gasteiger partial charge is 0.317 e. The molecule has 1 aliphatic heterocycles. The molecule has 0 unspecified atom stereocenters. The number of nitrogens with one attached hydrogen (secondary N) is 1. The van der Waals surface area contributed by atoms with Gasteiger partial charge >= 0.3 is 6.03 Å². The predicted molar refractivity (Wildman–Crippen MR) is 103 cm³/mol. The lowest BCUT2D eigenvalue weighted by Crippen LogP contribution is -2.43. The first-order valence-electron chi connectivity index (χ1n) is 9.02. The van der Waals surface area contributed by atoms with Gasteiger partial charge in [-0.25, -0.2) is 4.79 Å². The minimum Gasteiger partial charge on any atom is -0.390 e. The maximum absolute atomic E-state index is 12.5. The van der Waals surface area contributed by atoms with E-state index in [2.05, 4.69) is 29.5 Å². The third-order valence-corrected chi connectivity index (χ3v) is 4.44. The minimum atomic E-state index is -0.129. The Kier molecular flexibility index (Phi) is 5.89. The average molecular weight is 351 g/mol. The molecule has 0 aromatic heterocycles. The molecule has 5 heteroatoms. The summed E-state index contributed by atoms with van der Waals surface area (Å²) in [5.74, 6) is 0. The van der Waals surface area contributed by atoms with E-state index >= 15 is 0 Å². The van der Waals surface area contributed by atoms with Gasteiger partial charge in [-0.1, -0.05) is 59.8 Å². The predicted octanol–water partition coefficient (Wildman–Crippen LogP) is 3.72. The van der Waals surface area contributed by atoms with Crippen LogP contribution in [-0.2, 0) is 11.4 Å². The maximum Gasteiger partial charge on any atom is 0.317 e. The molecule has 0 aliphatic carbocycles. The number of urea groups is 1. The summed E-state index contributed by atoms with van der Waals surface area (Å²) >= 11 is 0. The monoisotopic (exact) mass is 351 g/mol. The second-order valence-electron chi connectivity index (χ2n) is 6.49. The molecule has 2 aromatic rings. The highest BCUT2D eigenvalue weighted by atomic mass is 16.6. The van der Waals surface area contributed by atoms with E-state index in [9.17, 15) is 4.79 Å². The van der Waals surface area contributed by atoms with Crippen LogP contribution >= 0.6 is 0 Å². The number of aryl methyl sites for hydroxylation is 1. The van der Waals surface area contributed by atoms with E-state index in [0.29, 0.717) is 26.1 Å². The van der Waals surface area contributed by atoms with E-state index < -0.39 is 0 Å². The molecule has 3 rings (SSSR count). The highest BCUT2D eigenvalue weighted by Crippen LogP contribution is 2.20. The number of carbonyl (C=O) groups is 1. The first kappa shape index (κ1) is 18.0. The van der Waals surface area contributed by atoms with Crippen molar-refractivity contribution in [3.8, 4) is 0 Å². The fourth-order valence-corrected chi connectivity index (χ4v) is 3.11. The Bertz CT molecular complexity index is 774. The molecule has 2 amide bonds. The lowest BCUT2D eigenvalue weighted by molar-refractivity contribution is 0.0590. The van der Waals surface area contributed by atoms with E-state index in [1.165, 1.54) is 5.56 Å². The van der Waals surface area contributed by atoms with Gasteiger partial charge in [0.05, 0.1) is 12.3 Å². The van der Waals surface area contributed by atoms with Crippen LogP contribution in [0, 0.1) is 6.92 Å². The minimum absolute atomic E-state index is 0.0794. The van der Waals surface area contributed by atoms with Crippen LogP contribution in [0.2, 0.25) is 0 Å². The molecular weight excluding hydrogens is 326 g/mol. The fourth-order valence-electron chi connectivity index (χ4n) is 3.11. The van der Waals surface area contributed by atoms with Crippen molar-refractivity contribution >= 4 is 11.7 Å². The Morgan fingerprint density at radius 3 is 2.65 bits per heavy atom. The summed E-state index contributed by atoms with van der Waals surface area (Å²) in [6.45, 7) is 5.64. The first-order chi connectivity index (χ1) is 12.7. The van der Waals surface area contributed by atoms with E-state index in [-0.39, 0.29) is 12.1 Å². The quantitative estimate of drug-likeness (QED) is 0.862. The van der Waals surface area contributed by atoms with Crippen LogP contribution in [0.1, 0.15) is 30.0 Å². The summed E-state index contributed by atoms with van der Waals surface area (Å²) in [5, 5.41) is 7.16. The van der Waals surface area contributed by atoms with Crippen molar-refractivity contribution in [3.05, 3.63) is 71.3 Å². The van der Waals surface area contributed by atoms with Gasteiger partial charge in [-0.2, -0.15) is 0 Å². The van der Waals surface area contributed by atoms with Crippen molar-refractivity contribution < 1.29 is 9.63 Å². The molecule has 1 heterocycles. The van der Waals surface area contributed by atoms with Gasteiger partial charge in [0.25, 0.3) is 0 Å². The number of hydrogen-bond donors (Lipinski definition) is 1. The van der Waals surface area contributed by atoms with Crippen LogP contribution in [0.5, 0.6) is 0 Å². The van der Waals surface area contributed by atoms with Gasteiger partial charge in [-0.05, 0) is 25.0 Å². The van der Waals surface area contributed by atoms with E-state index in [1.54, 1.807) is 4.90 Å². The van der Waals surface area contributed by atoms with Gasteiger partial charge in [0.1, 0.15) is 0 Å². The number of benzene rings is 2. The Morgan fingerprint density at radius 1 is 1.19 bits per heavy atom. The van der Waals surface area contributed by atoms with Gasteiger partial charge in [-0.3, -0.25) is 0 Å². The number of amides is 2. The summed E-state index contributed by atoms with van der Waals surface area (Å²) in [6, 6.07) is 18.1. The molecule has 0 bridgehead atoms. The molecule has 1 atom stereocenters. The Labute approximate surface area is 154 Å².